The van der Waals surface area contributed by atoms with Crippen LogP contribution in [0, 0.1) is 0 Å². The van der Waals surface area contributed by atoms with Crippen LogP contribution >= 0.6 is 0 Å². The van der Waals surface area contributed by atoms with E-state index < -0.39 is 0 Å². The molecule has 2 nitrogen and oxygen atoms in total. The first-order valence-corrected chi connectivity index (χ1v) is 1.46. The normalized spacial score (nSPS) is 10.0. The highest BCUT2D eigenvalue weighted by atomic mass is 14.8. The lowest BCUT2D eigenvalue weighted by Gasteiger charge is -1.76. The van der Waals surface area contributed by atoms with Crippen molar-refractivity contribution in [1.29, 1.82) is 0 Å². The van der Waals surface area contributed by atoms with E-state index >= 15 is 0 Å². The smallest absolute Gasteiger partial charge is 0.0902 e. The zero-order valence-electron chi connectivity index (χ0n) is 3.52. The van der Waals surface area contributed by atoms with Crippen molar-refractivity contribution in [3.05, 3.63) is 0 Å². The highest BCUT2D eigenvalue weighted by Crippen LogP contribution is 1.52. The number of hydrogen-bond acceptors (Lipinski definition) is 1. The van der Waals surface area contributed by atoms with Gasteiger partial charge >= 0.3 is 0 Å². The van der Waals surface area contributed by atoms with E-state index in [1.807, 2.05) is 0 Å². The van der Waals surface area contributed by atoms with Gasteiger partial charge in [-0.1, -0.05) is 7.43 Å². The van der Waals surface area contributed by atoms with Gasteiger partial charge < -0.3 is 5.73 Å². The van der Waals surface area contributed by atoms with Gasteiger partial charge in [0.05, 0.1) is 5.84 Å². The molecule has 0 bridgehead atoms. The Morgan fingerprint density at radius 2 is 1.83 bits per heavy atom. The van der Waals surface area contributed by atoms with Crippen LogP contribution in [0.25, 0.3) is 0 Å². The van der Waals surface area contributed by atoms with Crippen molar-refractivity contribution in [2.75, 3.05) is 7.05 Å². The van der Waals surface area contributed by atoms with Gasteiger partial charge in [-0.05, 0) is 6.92 Å². The van der Waals surface area contributed by atoms with Crippen LogP contribution in [0.1, 0.15) is 14.4 Å². The summed E-state index contributed by atoms with van der Waals surface area (Å²) < 4.78 is 0. The Kier molecular flexibility index (Phi) is 6.76. The zero-order valence-corrected chi connectivity index (χ0v) is 3.52. The zero-order chi connectivity index (χ0) is 4.28. The van der Waals surface area contributed by atoms with E-state index in [9.17, 15) is 0 Å². The van der Waals surface area contributed by atoms with Crippen LogP contribution in [0.3, 0.4) is 0 Å². The van der Waals surface area contributed by atoms with E-state index in [-0.39, 0.29) is 7.43 Å². The molecule has 0 heterocycles. The number of aliphatic imine (C=N–C) groups is 1. The Morgan fingerprint density at radius 3 is 1.83 bits per heavy atom. The minimum Gasteiger partial charge on any atom is -0.388 e. The number of amidine groups is 1. The predicted molar refractivity (Wildman–Crippen MR) is 30.0 cm³/mol. The molecule has 0 unspecified atom stereocenters. The standard InChI is InChI=1S/C3H8N2.CH4/c1-3(4)5-2;/h1-2H3,(H2,4,5);1H4. The Labute approximate surface area is 39.1 Å². The monoisotopic (exact) mass is 88.1 g/mol. The fourth-order valence-electron chi connectivity index (χ4n) is 0. The van der Waals surface area contributed by atoms with Crippen molar-refractivity contribution >= 4 is 5.84 Å². The third kappa shape index (κ3) is 9.80. The highest BCUT2D eigenvalue weighted by molar-refractivity contribution is 5.77. The summed E-state index contributed by atoms with van der Waals surface area (Å²) in [6.45, 7) is 1.75. The largest absolute Gasteiger partial charge is 0.388 e. The Morgan fingerprint density at radius 1 is 1.67 bits per heavy atom. The van der Waals surface area contributed by atoms with Crippen LogP contribution in [-0.4, -0.2) is 12.9 Å². The van der Waals surface area contributed by atoms with Crippen molar-refractivity contribution in [2.45, 2.75) is 14.4 Å². The summed E-state index contributed by atoms with van der Waals surface area (Å²) >= 11 is 0. The molecule has 0 saturated carbocycles. The van der Waals surface area contributed by atoms with Crippen LogP contribution in [-0.2, 0) is 0 Å². The molecule has 0 fully saturated rings. The second-order valence-corrected chi connectivity index (χ2v) is 0.865. The average Bonchev–Trinajstić information content (AvgIpc) is 1.38. The predicted octanol–water partition coefficient (Wildman–Crippen LogP) is 0.629. The van der Waals surface area contributed by atoms with E-state index in [0.717, 1.165) is 0 Å². The molecule has 38 valence electrons. The van der Waals surface area contributed by atoms with Crippen molar-refractivity contribution in [3.63, 3.8) is 0 Å². The van der Waals surface area contributed by atoms with Crippen molar-refractivity contribution in [3.8, 4) is 0 Å². The Balaban J connectivity index is 0. The molecule has 0 aliphatic rings. The highest BCUT2D eigenvalue weighted by Gasteiger charge is 1.61. The molecular weight excluding hydrogens is 76.1 g/mol. The first kappa shape index (κ1) is 9.08. The van der Waals surface area contributed by atoms with Crippen LogP contribution in [0.5, 0.6) is 0 Å². The molecule has 2 heteroatoms. The molecule has 0 saturated heterocycles. The van der Waals surface area contributed by atoms with Gasteiger partial charge in [-0.2, -0.15) is 0 Å². The molecule has 0 aliphatic heterocycles. The summed E-state index contributed by atoms with van der Waals surface area (Å²) in [5, 5.41) is 0. The molecule has 0 rings (SSSR count). The van der Waals surface area contributed by atoms with E-state index in [1.165, 1.54) is 0 Å². The molecular formula is C4H12N2. The minimum atomic E-state index is 0. The number of hydrogen-bond donors (Lipinski definition) is 1. The maximum absolute atomic E-state index is 5.04. The second-order valence-electron chi connectivity index (χ2n) is 0.865. The van der Waals surface area contributed by atoms with Gasteiger partial charge in [0.25, 0.3) is 0 Å². The molecule has 6 heavy (non-hydrogen) atoms. The van der Waals surface area contributed by atoms with Gasteiger partial charge in [-0.15, -0.1) is 0 Å². The summed E-state index contributed by atoms with van der Waals surface area (Å²) in [5.74, 6) is 0.630. The van der Waals surface area contributed by atoms with Crippen molar-refractivity contribution in [1.82, 2.24) is 0 Å². The fraction of sp³-hybridized carbons (Fsp3) is 0.750. The maximum atomic E-state index is 5.04. The summed E-state index contributed by atoms with van der Waals surface area (Å²) in [4.78, 5) is 3.58. The van der Waals surface area contributed by atoms with Gasteiger partial charge in [-0.25, -0.2) is 0 Å². The minimum absolute atomic E-state index is 0. The molecule has 0 spiro atoms. The quantitative estimate of drug-likeness (QED) is 0.342. The number of nitrogens with two attached hydrogens (primary N) is 1. The molecule has 0 aliphatic carbocycles. The van der Waals surface area contributed by atoms with Crippen molar-refractivity contribution < 1.29 is 0 Å². The molecule has 0 aromatic carbocycles. The number of rotatable bonds is 0. The lowest BCUT2D eigenvalue weighted by atomic mass is 10.7. The first-order chi connectivity index (χ1) is 2.27. The molecule has 0 aromatic rings. The molecule has 2 N–H and O–H groups in total. The van der Waals surface area contributed by atoms with E-state index in [1.54, 1.807) is 14.0 Å². The first-order valence-electron chi connectivity index (χ1n) is 1.46. The van der Waals surface area contributed by atoms with Gasteiger partial charge in [0.1, 0.15) is 0 Å². The summed E-state index contributed by atoms with van der Waals surface area (Å²) in [7, 11) is 1.66. The van der Waals surface area contributed by atoms with Gasteiger partial charge in [-0.3, -0.25) is 4.99 Å². The molecule has 0 atom stereocenters. The average molecular weight is 88.2 g/mol. The van der Waals surface area contributed by atoms with E-state index in [4.69, 9.17) is 5.73 Å². The Bertz CT molecular complexity index is 43.5. The molecule has 0 aromatic heterocycles. The van der Waals surface area contributed by atoms with Crippen LogP contribution in [0.4, 0.5) is 0 Å². The second kappa shape index (κ2) is 4.47. The summed E-state index contributed by atoms with van der Waals surface area (Å²) in [6.07, 6.45) is 0. The lowest BCUT2D eigenvalue weighted by Crippen LogP contribution is -2.03. The third-order valence-corrected chi connectivity index (χ3v) is 0.353. The van der Waals surface area contributed by atoms with Gasteiger partial charge in [0.15, 0.2) is 0 Å². The summed E-state index contributed by atoms with van der Waals surface area (Å²) in [5.41, 5.74) is 5.04. The van der Waals surface area contributed by atoms with Crippen LogP contribution in [0.15, 0.2) is 4.99 Å². The molecule has 0 radical (unpaired) electrons. The topological polar surface area (TPSA) is 38.4 Å². The van der Waals surface area contributed by atoms with E-state index in [0.29, 0.717) is 5.84 Å². The third-order valence-electron chi connectivity index (χ3n) is 0.353. The number of nitrogens with zero attached hydrogens (tertiary/aromatic N) is 1. The molecule has 0 amide bonds. The maximum Gasteiger partial charge on any atom is 0.0902 e. The van der Waals surface area contributed by atoms with Gasteiger partial charge in [0, 0.05) is 7.05 Å². The Hall–Kier alpha value is -0.530. The van der Waals surface area contributed by atoms with Gasteiger partial charge in [0.2, 0.25) is 0 Å². The fourth-order valence-corrected chi connectivity index (χ4v) is 0. The SMILES string of the molecule is C.CN=C(C)N. The van der Waals surface area contributed by atoms with Crippen LogP contribution in [0.2, 0.25) is 0 Å². The van der Waals surface area contributed by atoms with E-state index in [2.05, 4.69) is 4.99 Å². The van der Waals surface area contributed by atoms with Crippen LogP contribution < -0.4 is 5.73 Å². The summed E-state index contributed by atoms with van der Waals surface area (Å²) in [6, 6.07) is 0. The lowest BCUT2D eigenvalue weighted by molar-refractivity contribution is 1.38. The van der Waals surface area contributed by atoms with Crippen molar-refractivity contribution in [2.24, 2.45) is 10.7 Å².